The number of ether oxygens (including phenoxy) is 1. The summed E-state index contributed by atoms with van der Waals surface area (Å²) in [5.74, 6) is 1.42. The highest BCUT2D eigenvalue weighted by molar-refractivity contribution is 7.28. The van der Waals surface area contributed by atoms with E-state index in [1.807, 2.05) is 47.4 Å². The zero-order valence-electron chi connectivity index (χ0n) is 57.6. The van der Waals surface area contributed by atoms with Gasteiger partial charge in [-0.1, -0.05) is 230 Å². The Balaban J connectivity index is 1.07. The number of hydrogen-bond donors (Lipinski definition) is 0. The molecule has 7 heteroatoms. The predicted molar refractivity (Wildman–Crippen MR) is 397 cm³/mol. The summed E-state index contributed by atoms with van der Waals surface area (Å²) in [6.45, 7) is 13.2. The normalized spacial score (nSPS) is 13.4. The first-order chi connectivity index (χ1) is 47.5. The first kappa shape index (κ1) is 50.8. The maximum absolute atomic E-state index is 9.88. The van der Waals surface area contributed by atoms with Gasteiger partial charge in [-0.05, 0) is 146 Å². The Kier molecular flexibility index (Phi) is 12.0. The van der Waals surface area contributed by atoms with Gasteiger partial charge >= 0.3 is 0 Å². The second-order valence-electron chi connectivity index (χ2n) is 26.5. The third-order valence-corrected chi connectivity index (χ3v) is 20.0. The van der Waals surface area contributed by atoms with Crippen molar-refractivity contribution < 1.29 is 11.6 Å². The third kappa shape index (κ3) is 9.35. The molecule has 0 amide bonds. The van der Waals surface area contributed by atoms with E-state index in [9.17, 15) is 5.48 Å². The first-order valence-corrected chi connectivity index (χ1v) is 32.8. The Bertz CT molecular complexity index is 5520. The molecule has 2 aliphatic rings. The molecule has 446 valence electrons. The standard InChI is InChI=1S/C86H67BN4OS/c1-85(2,3)58-44-48-72-69(50-58)70-51-59(86(4,5)6)45-49-73(70)90(72)65-52-75-81-78(54-65)92-77-53-64(88(60-32-17-9-18-33-60)61-34-19-10-20-35-61)46-47-71(77)87(81)82-76(91(75)83-66(56-28-13-7-14-29-56)41-27-42-67(83)57-30-15-8-16-31-57)55-74(80-68-40-25-26-43-79(68)93-84(80)82)89(62-36-21-11-22-37-62)63-38-23-12-24-39-63/h7-55H,1-6H3/i11D,21D,22D,36D,37D. The largest absolute Gasteiger partial charge is 0.458 e. The lowest BCUT2D eigenvalue weighted by Crippen LogP contribution is -2.59. The molecule has 17 rings (SSSR count). The number of nitrogens with zero attached hydrogens (tertiary/aromatic N) is 4. The summed E-state index contributed by atoms with van der Waals surface area (Å²) in [4.78, 5) is 6.68. The molecular weight excluding hydrogens is 1150 g/mol. The molecule has 15 aromatic rings. The number of rotatable bonds is 10. The molecular formula is C86H67BN4OS. The molecule has 0 unspecified atom stereocenters. The lowest BCUT2D eigenvalue weighted by Gasteiger charge is -2.43. The van der Waals surface area contributed by atoms with Crippen LogP contribution >= 0.6 is 11.3 Å². The van der Waals surface area contributed by atoms with Gasteiger partial charge in [-0.25, -0.2) is 0 Å². The molecule has 0 saturated heterocycles. The minimum Gasteiger partial charge on any atom is -0.458 e. The minimum atomic E-state index is -0.460. The smallest absolute Gasteiger partial charge is 0.258 e. The van der Waals surface area contributed by atoms with E-state index in [1.54, 1.807) is 11.3 Å². The number of para-hydroxylation sites is 5. The summed E-state index contributed by atoms with van der Waals surface area (Å²) in [5, 5.41) is 4.18. The highest BCUT2D eigenvalue weighted by Gasteiger charge is 2.46. The Hall–Kier alpha value is -10.9. The van der Waals surface area contributed by atoms with Gasteiger partial charge in [-0.15, -0.1) is 11.3 Å². The minimum absolute atomic E-state index is 0.0432. The van der Waals surface area contributed by atoms with Gasteiger partial charge in [-0.3, -0.25) is 0 Å². The van der Waals surface area contributed by atoms with Crippen LogP contribution in [0.4, 0.5) is 51.2 Å². The fourth-order valence-corrected chi connectivity index (χ4v) is 15.7. The van der Waals surface area contributed by atoms with E-state index in [0.717, 1.165) is 120 Å². The highest BCUT2D eigenvalue weighted by atomic mass is 32.1. The van der Waals surface area contributed by atoms with Gasteiger partial charge in [0.25, 0.3) is 6.71 Å². The van der Waals surface area contributed by atoms with Crippen LogP contribution in [-0.2, 0) is 10.8 Å². The first-order valence-electron chi connectivity index (χ1n) is 34.4. The number of thiophene rings is 1. The maximum atomic E-state index is 9.88. The topological polar surface area (TPSA) is 23.9 Å². The molecule has 0 aliphatic carbocycles. The van der Waals surface area contributed by atoms with E-state index in [4.69, 9.17) is 6.11 Å². The second kappa shape index (κ2) is 21.9. The summed E-state index contributed by atoms with van der Waals surface area (Å²) in [5.41, 5.74) is 19.2. The van der Waals surface area contributed by atoms with Gasteiger partial charge in [0.1, 0.15) is 11.5 Å². The van der Waals surface area contributed by atoms with E-state index < -0.39 is 24.8 Å². The van der Waals surface area contributed by atoms with Crippen molar-refractivity contribution in [2.75, 3.05) is 14.7 Å². The lowest BCUT2D eigenvalue weighted by atomic mass is 9.34. The Morgan fingerprint density at radius 2 is 0.957 bits per heavy atom. The van der Waals surface area contributed by atoms with Gasteiger partial charge < -0.3 is 24.0 Å². The molecule has 0 saturated carbocycles. The van der Waals surface area contributed by atoms with Gasteiger partial charge in [0.15, 0.2) is 0 Å². The molecule has 0 bridgehead atoms. The van der Waals surface area contributed by atoms with Crippen molar-refractivity contribution in [1.82, 2.24) is 4.57 Å². The predicted octanol–water partition coefficient (Wildman–Crippen LogP) is 22.4. The van der Waals surface area contributed by atoms with Gasteiger partial charge in [0.05, 0.1) is 34.9 Å². The average molecular weight is 1220 g/mol. The number of anilines is 9. The van der Waals surface area contributed by atoms with Crippen LogP contribution in [0.2, 0.25) is 0 Å². The molecule has 93 heavy (non-hydrogen) atoms. The molecule has 2 aliphatic heterocycles. The third-order valence-electron chi connectivity index (χ3n) is 18.8. The number of benzene rings is 13. The molecule has 2 aromatic heterocycles. The summed E-state index contributed by atoms with van der Waals surface area (Å²) in [6.07, 6.45) is 0. The van der Waals surface area contributed by atoms with Crippen LogP contribution in [0.3, 0.4) is 0 Å². The Morgan fingerprint density at radius 1 is 0.430 bits per heavy atom. The van der Waals surface area contributed by atoms with Gasteiger partial charge in [0.2, 0.25) is 0 Å². The summed E-state index contributed by atoms with van der Waals surface area (Å²) in [7, 11) is 0. The average Bonchev–Trinajstić information content (AvgIpc) is 1.18. The van der Waals surface area contributed by atoms with Crippen molar-refractivity contribution in [3.8, 4) is 39.4 Å². The fraction of sp³-hybridized carbons (Fsp3) is 0.0930. The van der Waals surface area contributed by atoms with Crippen molar-refractivity contribution in [2.24, 2.45) is 0 Å². The van der Waals surface area contributed by atoms with Crippen LogP contribution in [0.25, 0.3) is 69.9 Å². The van der Waals surface area contributed by atoms with Gasteiger partial charge in [-0.2, -0.15) is 0 Å². The van der Waals surface area contributed by atoms with Crippen molar-refractivity contribution >= 4 is 128 Å². The van der Waals surface area contributed by atoms with E-state index in [1.165, 1.54) is 11.1 Å². The molecule has 0 N–H and O–H groups in total. The van der Waals surface area contributed by atoms with Crippen LogP contribution in [0, 0.1) is 0 Å². The highest BCUT2D eigenvalue weighted by Crippen LogP contribution is 2.55. The fourth-order valence-electron chi connectivity index (χ4n) is 14.4. The number of hydrogen-bond acceptors (Lipinski definition) is 5. The summed E-state index contributed by atoms with van der Waals surface area (Å²) >= 11 is 1.72. The van der Waals surface area contributed by atoms with Crippen molar-refractivity contribution in [1.29, 1.82) is 0 Å². The monoisotopic (exact) mass is 1220 g/mol. The van der Waals surface area contributed by atoms with Crippen LogP contribution in [-0.4, -0.2) is 11.3 Å². The Labute approximate surface area is 555 Å². The van der Waals surface area contributed by atoms with E-state index >= 15 is 0 Å². The molecule has 4 heterocycles. The van der Waals surface area contributed by atoms with E-state index in [2.05, 4.69) is 280 Å². The second-order valence-corrected chi connectivity index (χ2v) is 27.5. The Morgan fingerprint density at radius 3 is 1.53 bits per heavy atom. The van der Waals surface area contributed by atoms with Crippen molar-refractivity contribution in [3.05, 3.63) is 308 Å². The SMILES string of the molecule is [2H]c1c([2H])c([2H])c(N(c2ccccc2)c2cc3c(c4sc5ccccc5c24)B2c4ccc(N(c5ccccc5)c5ccccc5)cc4Oc4cc(-n5c6ccc(C(C)(C)C)cc6c6cc(C(C)(C)C)ccc65)cc(c42)N3c2c(-c3ccccc3)cccc2-c2ccccc2)c([2H])c1[2H]. The molecule has 0 radical (unpaired) electrons. The lowest BCUT2D eigenvalue weighted by molar-refractivity contribution is 0.487. The quantitative estimate of drug-likeness (QED) is 0.127. The van der Waals surface area contributed by atoms with Crippen LogP contribution in [0.5, 0.6) is 11.5 Å². The number of fused-ring (bicyclic) bond motifs is 11. The van der Waals surface area contributed by atoms with Crippen LogP contribution in [0.1, 0.15) is 59.5 Å². The van der Waals surface area contributed by atoms with Crippen LogP contribution < -0.4 is 35.8 Å². The van der Waals surface area contributed by atoms with Crippen LogP contribution in [0.15, 0.2) is 297 Å². The zero-order valence-corrected chi connectivity index (χ0v) is 53.4. The zero-order chi connectivity index (χ0) is 67.0. The maximum Gasteiger partial charge on any atom is 0.258 e. The van der Waals surface area contributed by atoms with Crippen molar-refractivity contribution in [2.45, 2.75) is 52.4 Å². The molecule has 0 spiro atoms. The molecule has 5 nitrogen and oxygen atoms in total. The van der Waals surface area contributed by atoms with E-state index in [0.29, 0.717) is 22.9 Å². The molecule has 13 aromatic carbocycles. The molecule has 0 atom stereocenters. The summed E-state index contributed by atoms with van der Waals surface area (Å²) in [6, 6.07) is 92.8. The number of aromatic nitrogens is 1. The van der Waals surface area contributed by atoms with Crippen molar-refractivity contribution in [3.63, 3.8) is 0 Å². The molecule has 0 fully saturated rings. The van der Waals surface area contributed by atoms with Gasteiger partial charge in [0, 0.05) is 94.0 Å². The van der Waals surface area contributed by atoms with E-state index in [-0.39, 0.29) is 28.6 Å². The summed E-state index contributed by atoms with van der Waals surface area (Å²) < 4.78 is 59.6.